The summed E-state index contributed by atoms with van der Waals surface area (Å²) in [5.74, 6) is -3.40. The smallest absolute Gasteiger partial charge is 0.194 e. The Bertz CT molecular complexity index is 675. The molecule has 0 N–H and O–H groups in total. The molecule has 0 amide bonds. The maximum absolute atomic E-state index is 14.0. The lowest BCUT2D eigenvalue weighted by Crippen LogP contribution is -2.30. The summed E-state index contributed by atoms with van der Waals surface area (Å²) in [4.78, 5) is 0. The van der Waals surface area contributed by atoms with Gasteiger partial charge in [0.2, 0.25) is 0 Å². The zero-order chi connectivity index (χ0) is 23.6. The monoisotopic (exact) mass is 464 g/mol. The van der Waals surface area contributed by atoms with Crippen LogP contribution in [0.5, 0.6) is 0 Å². The van der Waals surface area contributed by atoms with Crippen LogP contribution >= 0.6 is 0 Å². The van der Waals surface area contributed by atoms with Gasteiger partial charge in [0.15, 0.2) is 17.5 Å². The summed E-state index contributed by atoms with van der Waals surface area (Å²) < 4.78 is 41.7. The molecule has 2 saturated carbocycles. The van der Waals surface area contributed by atoms with Crippen LogP contribution in [0.2, 0.25) is 0 Å². The van der Waals surface area contributed by atoms with Crippen LogP contribution in [-0.2, 0) is 5.41 Å². The second-order valence-electron chi connectivity index (χ2n) is 11.4. The number of rotatable bonds is 13. The molecule has 2 aliphatic rings. The number of unbranched alkanes of at least 4 members (excludes halogenated alkanes) is 6. The lowest BCUT2D eigenvalue weighted by Gasteiger charge is -2.40. The Morgan fingerprint density at radius 2 is 1.09 bits per heavy atom. The van der Waals surface area contributed by atoms with Crippen molar-refractivity contribution in [3.63, 3.8) is 0 Å². The molecular formula is C30H47F3. The van der Waals surface area contributed by atoms with Crippen molar-refractivity contribution in [1.29, 1.82) is 0 Å². The summed E-state index contributed by atoms with van der Waals surface area (Å²) in [5.41, 5.74) is 1.06. The number of hydrogen-bond donors (Lipinski definition) is 0. The van der Waals surface area contributed by atoms with Gasteiger partial charge < -0.3 is 0 Å². The second-order valence-corrected chi connectivity index (χ2v) is 11.4. The third kappa shape index (κ3) is 7.49. The van der Waals surface area contributed by atoms with Crippen LogP contribution in [0.25, 0.3) is 0 Å². The van der Waals surface area contributed by atoms with Crippen LogP contribution in [-0.4, -0.2) is 0 Å². The molecule has 0 heterocycles. The van der Waals surface area contributed by atoms with E-state index in [0.717, 1.165) is 38.5 Å². The first kappa shape index (κ1) is 26.6. The van der Waals surface area contributed by atoms with Crippen LogP contribution < -0.4 is 0 Å². The van der Waals surface area contributed by atoms with Crippen molar-refractivity contribution < 1.29 is 13.2 Å². The van der Waals surface area contributed by atoms with E-state index in [0.29, 0.717) is 11.0 Å². The highest BCUT2D eigenvalue weighted by Crippen LogP contribution is 2.47. The van der Waals surface area contributed by atoms with Gasteiger partial charge in [-0.1, -0.05) is 96.8 Å². The fourth-order valence-electron chi connectivity index (χ4n) is 6.94. The molecule has 0 bridgehead atoms. The van der Waals surface area contributed by atoms with Gasteiger partial charge in [-0.2, -0.15) is 0 Å². The quantitative estimate of drug-likeness (QED) is 0.201. The van der Waals surface area contributed by atoms with Gasteiger partial charge >= 0.3 is 0 Å². The SMILES string of the molecule is CCCCCCCCC1(CCCCC2(c3cc(F)c(F)c(F)c3)CCCCC2)CCCCC1. The molecule has 2 fully saturated rings. The van der Waals surface area contributed by atoms with E-state index in [1.54, 1.807) is 0 Å². The normalized spacial score (nSPS) is 20.1. The second kappa shape index (κ2) is 13.2. The molecule has 1 aromatic carbocycles. The Balaban J connectivity index is 1.56. The van der Waals surface area contributed by atoms with Gasteiger partial charge in [0.05, 0.1) is 0 Å². The first-order valence-electron chi connectivity index (χ1n) is 14.2. The average molecular weight is 465 g/mol. The van der Waals surface area contributed by atoms with Gasteiger partial charge in [0.1, 0.15) is 0 Å². The molecule has 0 saturated heterocycles. The molecule has 0 nitrogen and oxygen atoms in total. The molecule has 2 aliphatic carbocycles. The summed E-state index contributed by atoms with van der Waals surface area (Å²) in [5, 5.41) is 0. The van der Waals surface area contributed by atoms with Crippen molar-refractivity contribution in [2.75, 3.05) is 0 Å². The largest absolute Gasteiger partial charge is 0.204 e. The highest BCUT2D eigenvalue weighted by molar-refractivity contribution is 5.28. The fourth-order valence-corrected chi connectivity index (χ4v) is 6.94. The summed E-state index contributed by atoms with van der Waals surface area (Å²) in [6, 6.07) is 2.57. The molecule has 0 spiro atoms. The third-order valence-electron chi connectivity index (χ3n) is 8.99. The molecule has 0 aromatic heterocycles. The molecule has 1 aromatic rings. The van der Waals surface area contributed by atoms with E-state index in [9.17, 15) is 13.2 Å². The Kier molecular flexibility index (Phi) is 10.6. The van der Waals surface area contributed by atoms with Crippen molar-refractivity contribution >= 4 is 0 Å². The van der Waals surface area contributed by atoms with Crippen molar-refractivity contribution in [2.24, 2.45) is 5.41 Å². The molecule has 188 valence electrons. The summed E-state index contributed by atoms with van der Waals surface area (Å²) in [7, 11) is 0. The number of hydrogen-bond acceptors (Lipinski definition) is 0. The molecule has 3 heteroatoms. The van der Waals surface area contributed by atoms with E-state index >= 15 is 0 Å². The van der Waals surface area contributed by atoms with E-state index in [2.05, 4.69) is 6.92 Å². The molecule has 3 rings (SSSR count). The Morgan fingerprint density at radius 1 is 0.606 bits per heavy atom. The zero-order valence-corrected chi connectivity index (χ0v) is 21.1. The van der Waals surface area contributed by atoms with Crippen molar-refractivity contribution in [3.05, 3.63) is 35.1 Å². The van der Waals surface area contributed by atoms with Crippen molar-refractivity contribution in [1.82, 2.24) is 0 Å². The van der Waals surface area contributed by atoms with Gasteiger partial charge in [-0.15, -0.1) is 0 Å². The Labute approximate surface area is 201 Å². The third-order valence-corrected chi connectivity index (χ3v) is 8.99. The van der Waals surface area contributed by atoms with Crippen LogP contribution in [0.1, 0.15) is 147 Å². The predicted octanol–water partition coefficient (Wildman–Crippen LogP) is 10.6. The molecule has 0 aliphatic heterocycles. The topological polar surface area (TPSA) is 0 Å². The van der Waals surface area contributed by atoms with E-state index < -0.39 is 17.5 Å². The summed E-state index contributed by atoms with van der Waals surface area (Å²) in [6.45, 7) is 2.28. The van der Waals surface area contributed by atoms with Crippen LogP contribution in [0.4, 0.5) is 13.2 Å². The van der Waals surface area contributed by atoms with Crippen molar-refractivity contribution in [2.45, 2.75) is 147 Å². The molecule has 0 atom stereocenters. The van der Waals surface area contributed by atoms with Gasteiger partial charge in [-0.3, -0.25) is 0 Å². The molecular weight excluding hydrogens is 417 g/mol. The van der Waals surface area contributed by atoms with E-state index in [-0.39, 0.29) is 5.41 Å². The van der Waals surface area contributed by atoms with E-state index in [1.165, 1.54) is 108 Å². The Morgan fingerprint density at radius 3 is 1.70 bits per heavy atom. The predicted molar refractivity (Wildman–Crippen MR) is 133 cm³/mol. The van der Waals surface area contributed by atoms with Crippen LogP contribution in [0, 0.1) is 22.9 Å². The first-order chi connectivity index (χ1) is 16.0. The zero-order valence-electron chi connectivity index (χ0n) is 21.1. The first-order valence-corrected chi connectivity index (χ1v) is 14.2. The minimum absolute atomic E-state index is 0.174. The highest BCUT2D eigenvalue weighted by atomic mass is 19.2. The van der Waals surface area contributed by atoms with E-state index in [4.69, 9.17) is 0 Å². The molecule has 33 heavy (non-hydrogen) atoms. The van der Waals surface area contributed by atoms with Gasteiger partial charge in [0.25, 0.3) is 0 Å². The van der Waals surface area contributed by atoms with Crippen LogP contribution in [0.15, 0.2) is 12.1 Å². The lowest BCUT2D eigenvalue weighted by molar-refractivity contribution is 0.143. The minimum Gasteiger partial charge on any atom is -0.204 e. The highest BCUT2D eigenvalue weighted by Gasteiger charge is 2.36. The Hall–Kier alpha value is -0.990. The lowest BCUT2D eigenvalue weighted by atomic mass is 9.65. The maximum Gasteiger partial charge on any atom is 0.194 e. The average Bonchev–Trinajstić information content (AvgIpc) is 2.83. The molecule has 0 unspecified atom stereocenters. The fraction of sp³-hybridized carbons (Fsp3) is 0.800. The molecule has 0 radical (unpaired) electrons. The van der Waals surface area contributed by atoms with Gasteiger partial charge in [-0.05, 0) is 73.5 Å². The number of halogens is 3. The standard InChI is InChI=1S/C30H47F3/c1-2-3-4-5-6-9-16-29(17-10-7-11-18-29)19-14-15-22-30(20-12-8-13-21-30)25-23-26(31)28(33)27(32)24-25/h23-24H,2-22H2,1H3. The summed E-state index contributed by atoms with van der Waals surface area (Å²) >= 11 is 0. The van der Waals surface area contributed by atoms with Gasteiger partial charge in [0, 0.05) is 0 Å². The maximum atomic E-state index is 14.0. The van der Waals surface area contributed by atoms with E-state index in [1.807, 2.05) is 0 Å². The minimum atomic E-state index is -1.33. The van der Waals surface area contributed by atoms with Gasteiger partial charge in [-0.25, -0.2) is 13.2 Å². The van der Waals surface area contributed by atoms with Crippen molar-refractivity contribution in [3.8, 4) is 0 Å². The summed E-state index contributed by atoms with van der Waals surface area (Å²) in [6.07, 6.45) is 26.5. The number of benzene rings is 1. The van der Waals surface area contributed by atoms with Crippen LogP contribution in [0.3, 0.4) is 0 Å².